The van der Waals surface area contributed by atoms with Crippen molar-refractivity contribution in [3.05, 3.63) is 40.1 Å². The van der Waals surface area contributed by atoms with E-state index >= 15 is 0 Å². The van der Waals surface area contributed by atoms with Crippen molar-refractivity contribution in [2.45, 2.75) is 32.7 Å². The van der Waals surface area contributed by atoms with Crippen LogP contribution < -0.4 is 0 Å². The van der Waals surface area contributed by atoms with E-state index in [9.17, 15) is 0 Å². The van der Waals surface area contributed by atoms with E-state index in [4.69, 9.17) is 0 Å². The fourth-order valence-electron chi connectivity index (χ4n) is 1.57. The normalized spacial score (nSPS) is 11.8. The van der Waals surface area contributed by atoms with Crippen LogP contribution in [0.5, 0.6) is 0 Å². The molecule has 4 nitrogen and oxygen atoms in total. The van der Waals surface area contributed by atoms with Crippen molar-refractivity contribution in [2.24, 2.45) is 0 Å². The van der Waals surface area contributed by atoms with Gasteiger partial charge in [-0.25, -0.2) is 4.68 Å². The Kier molecular flexibility index (Phi) is 3.28. The van der Waals surface area contributed by atoms with Gasteiger partial charge in [0, 0.05) is 0 Å². The molecule has 0 atom stereocenters. The molecule has 0 amide bonds. The van der Waals surface area contributed by atoms with Crippen LogP contribution in [0.1, 0.15) is 31.9 Å². The minimum absolute atomic E-state index is 0.188. The van der Waals surface area contributed by atoms with Gasteiger partial charge in [-0.1, -0.05) is 45.0 Å². The predicted octanol–water partition coefficient (Wildman–Crippen LogP) is 2.78. The van der Waals surface area contributed by atoms with Gasteiger partial charge >= 0.3 is 0 Å². The standard InChI is InChI=1S/C12H15BrN4/c1-12(2,3)10-6-4-9(5-7-10)8-17-11(13)14-15-16-17/h4-7H,8H2,1-3H3. The Morgan fingerprint density at radius 2 is 1.82 bits per heavy atom. The first-order chi connectivity index (χ1) is 7.97. The second kappa shape index (κ2) is 4.56. The SMILES string of the molecule is CC(C)(C)c1ccc(Cn2nnnc2Br)cc1. The average Bonchev–Trinajstić information content (AvgIpc) is 2.64. The molecule has 0 aliphatic heterocycles. The number of benzene rings is 1. The molecule has 0 aliphatic carbocycles. The summed E-state index contributed by atoms with van der Waals surface area (Å²) in [5, 5.41) is 11.3. The maximum atomic E-state index is 3.89. The molecule has 0 aliphatic rings. The minimum Gasteiger partial charge on any atom is -0.216 e. The Morgan fingerprint density at radius 3 is 2.29 bits per heavy atom. The minimum atomic E-state index is 0.188. The summed E-state index contributed by atoms with van der Waals surface area (Å²) >= 11 is 3.30. The Bertz CT molecular complexity index is 496. The lowest BCUT2D eigenvalue weighted by Crippen LogP contribution is -2.11. The molecule has 1 aromatic heterocycles. The summed E-state index contributed by atoms with van der Waals surface area (Å²) in [5.41, 5.74) is 2.71. The molecule has 90 valence electrons. The predicted molar refractivity (Wildman–Crippen MR) is 69.8 cm³/mol. The van der Waals surface area contributed by atoms with E-state index in [0.29, 0.717) is 11.3 Å². The highest BCUT2D eigenvalue weighted by atomic mass is 79.9. The molecular weight excluding hydrogens is 280 g/mol. The van der Waals surface area contributed by atoms with Crippen molar-refractivity contribution in [3.63, 3.8) is 0 Å². The van der Waals surface area contributed by atoms with Gasteiger partial charge in [0.05, 0.1) is 6.54 Å². The number of nitrogens with zero attached hydrogens (tertiary/aromatic N) is 4. The van der Waals surface area contributed by atoms with Crippen LogP contribution in [0.25, 0.3) is 0 Å². The summed E-state index contributed by atoms with van der Waals surface area (Å²) in [6.07, 6.45) is 0. The third-order valence-corrected chi connectivity index (χ3v) is 3.21. The zero-order valence-electron chi connectivity index (χ0n) is 10.2. The summed E-state index contributed by atoms with van der Waals surface area (Å²) in [6, 6.07) is 8.56. The van der Waals surface area contributed by atoms with Gasteiger partial charge in [0.1, 0.15) is 0 Å². The largest absolute Gasteiger partial charge is 0.218 e. The molecule has 1 aromatic carbocycles. The van der Waals surface area contributed by atoms with Crippen LogP contribution in [0.15, 0.2) is 29.0 Å². The molecule has 0 bridgehead atoms. The topological polar surface area (TPSA) is 43.6 Å². The molecule has 2 rings (SSSR count). The van der Waals surface area contributed by atoms with Gasteiger partial charge in [0.15, 0.2) is 0 Å². The highest BCUT2D eigenvalue weighted by Crippen LogP contribution is 2.22. The Balaban J connectivity index is 2.17. The lowest BCUT2D eigenvalue weighted by atomic mass is 9.87. The van der Waals surface area contributed by atoms with Gasteiger partial charge in [-0.2, -0.15) is 0 Å². The summed E-state index contributed by atoms with van der Waals surface area (Å²) in [7, 11) is 0. The number of rotatable bonds is 2. The average molecular weight is 295 g/mol. The third-order valence-electron chi connectivity index (χ3n) is 2.64. The molecule has 0 fully saturated rings. The molecule has 2 aromatic rings. The van der Waals surface area contributed by atoms with Crippen LogP contribution in [-0.2, 0) is 12.0 Å². The highest BCUT2D eigenvalue weighted by Gasteiger charge is 2.13. The fraction of sp³-hybridized carbons (Fsp3) is 0.417. The summed E-state index contributed by atoms with van der Waals surface area (Å²) in [4.78, 5) is 0. The van der Waals surface area contributed by atoms with Crippen molar-refractivity contribution in [1.29, 1.82) is 0 Å². The first-order valence-electron chi connectivity index (χ1n) is 5.48. The van der Waals surface area contributed by atoms with E-state index in [2.05, 4.69) is 76.5 Å². The first kappa shape index (κ1) is 12.2. The molecular formula is C12H15BrN4. The van der Waals surface area contributed by atoms with Crippen LogP contribution >= 0.6 is 15.9 Å². The molecule has 17 heavy (non-hydrogen) atoms. The molecule has 0 saturated heterocycles. The number of halogens is 1. The van der Waals surface area contributed by atoms with Gasteiger partial charge in [-0.05, 0) is 42.9 Å². The second-order valence-corrected chi connectivity index (χ2v) is 5.76. The Hall–Kier alpha value is -1.23. The summed E-state index contributed by atoms with van der Waals surface area (Å²) in [6.45, 7) is 7.30. The summed E-state index contributed by atoms with van der Waals surface area (Å²) in [5.74, 6) is 0. The molecule has 0 spiro atoms. The maximum absolute atomic E-state index is 3.89. The monoisotopic (exact) mass is 294 g/mol. The van der Waals surface area contributed by atoms with Crippen LogP contribution in [-0.4, -0.2) is 20.2 Å². The van der Waals surface area contributed by atoms with Crippen molar-refractivity contribution in [1.82, 2.24) is 20.2 Å². The molecule has 1 heterocycles. The molecule has 5 heteroatoms. The first-order valence-corrected chi connectivity index (χ1v) is 6.27. The Morgan fingerprint density at radius 1 is 1.18 bits per heavy atom. The van der Waals surface area contributed by atoms with Gasteiger partial charge in [-0.15, -0.1) is 5.10 Å². The van der Waals surface area contributed by atoms with Gasteiger partial charge in [0.2, 0.25) is 4.73 Å². The van der Waals surface area contributed by atoms with E-state index < -0.39 is 0 Å². The Labute approximate surface area is 109 Å². The quantitative estimate of drug-likeness (QED) is 0.855. The van der Waals surface area contributed by atoms with Crippen LogP contribution in [0.2, 0.25) is 0 Å². The number of hydrogen-bond acceptors (Lipinski definition) is 3. The zero-order valence-corrected chi connectivity index (χ0v) is 11.8. The molecule has 0 N–H and O–H groups in total. The van der Waals surface area contributed by atoms with Crippen molar-refractivity contribution in [2.75, 3.05) is 0 Å². The van der Waals surface area contributed by atoms with Gasteiger partial charge in [-0.3, -0.25) is 0 Å². The number of hydrogen-bond donors (Lipinski definition) is 0. The maximum Gasteiger partial charge on any atom is 0.218 e. The highest BCUT2D eigenvalue weighted by molar-refractivity contribution is 9.10. The van der Waals surface area contributed by atoms with E-state index in [0.717, 1.165) is 0 Å². The molecule has 0 unspecified atom stereocenters. The smallest absolute Gasteiger partial charge is 0.216 e. The van der Waals surface area contributed by atoms with Crippen molar-refractivity contribution >= 4 is 15.9 Å². The lowest BCUT2D eigenvalue weighted by Gasteiger charge is -2.19. The van der Waals surface area contributed by atoms with Crippen LogP contribution in [0.4, 0.5) is 0 Å². The van der Waals surface area contributed by atoms with Gasteiger partial charge in [0.25, 0.3) is 0 Å². The number of tetrazole rings is 1. The fourth-order valence-corrected chi connectivity index (χ4v) is 1.84. The molecule has 0 radical (unpaired) electrons. The lowest BCUT2D eigenvalue weighted by molar-refractivity contribution is 0.588. The number of aromatic nitrogens is 4. The molecule has 0 saturated carbocycles. The van der Waals surface area contributed by atoms with Gasteiger partial charge < -0.3 is 0 Å². The van der Waals surface area contributed by atoms with E-state index in [-0.39, 0.29) is 5.41 Å². The van der Waals surface area contributed by atoms with Crippen molar-refractivity contribution in [3.8, 4) is 0 Å². The van der Waals surface area contributed by atoms with E-state index in [1.807, 2.05) is 0 Å². The second-order valence-electron chi connectivity index (χ2n) is 5.05. The van der Waals surface area contributed by atoms with E-state index in [1.165, 1.54) is 11.1 Å². The zero-order chi connectivity index (χ0) is 12.5. The summed E-state index contributed by atoms with van der Waals surface area (Å²) < 4.78 is 2.36. The van der Waals surface area contributed by atoms with E-state index in [1.54, 1.807) is 4.68 Å². The van der Waals surface area contributed by atoms with Crippen LogP contribution in [0.3, 0.4) is 0 Å². The van der Waals surface area contributed by atoms with Crippen LogP contribution in [0, 0.1) is 0 Å². The third kappa shape index (κ3) is 2.91. The van der Waals surface area contributed by atoms with Crippen molar-refractivity contribution < 1.29 is 0 Å².